The number of carbonyl (C=O) groups excluding carboxylic acids is 3. The number of aliphatic hydroxyl groups excluding tert-OH is 1. The van der Waals surface area contributed by atoms with Crippen molar-refractivity contribution in [2.24, 2.45) is 22.2 Å². The molecule has 15 nitrogen and oxygen atoms in total. The molecule has 0 aliphatic rings. The van der Waals surface area contributed by atoms with Gasteiger partial charge in [-0.25, -0.2) is 0 Å². The summed E-state index contributed by atoms with van der Waals surface area (Å²) in [5, 5.41) is 33.6. The van der Waals surface area contributed by atoms with Crippen LogP contribution in [0.2, 0.25) is 0 Å². The van der Waals surface area contributed by atoms with Gasteiger partial charge in [-0.15, -0.1) is 0 Å². The highest BCUT2D eigenvalue weighted by molar-refractivity contribution is 5.95. The first-order chi connectivity index (χ1) is 14.3. The molecule has 0 aliphatic carbocycles. The molecular formula is C16H29N7O8. The number of aliphatic hydroxyl groups is 1. The summed E-state index contributed by atoms with van der Waals surface area (Å²) in [6, 6.07) is -4.29. The second-order valence-electron chi connectivity index (χ2n) is 6.55. The lowest BCUT2D eigenvalue weighted by atomic mass is 10.1. The highest BCUT2D eigenvalue weighted by Gasteiger charge is 2.30. The number of aliphatic imine (C=N–C) groups is 1. The molecule has 12 N–H and O–H groups in total. The SMILES string of the molecule is CC(O)C(N)C(=O)NC(CC(=O)O)C(=O)NC(CCCN=C(N)N)C(=O)NCC(=O)O. The van der Waals surface area contributed by atoms with E-state index in [0.29, 0.717) is 0 Å². The molecule has 0 aromatic rings. The topological polar surface area (TPSA) is 273 Å². The molecule has 4 atom stereocenters. The maximum absolute atomic E-state index is 12.5. The molecule has 0 aromatic carbocycles. The molecule has 0 spiro atoms. The third-order valence-electron chi connectivity index (χ3n) is 3.83. The largest absolute Gasteiger partial charge is 0.481 e. The number of nitrogens with zero attached hydrogens (tertiary/aromatic N) is 1. The van der Waals surface area contributed by atoms with Gasteiger partial charge in [0.25, 0.3) is 0 Å². The van der Waals surface area contributed by atoms with Crippen LogP contribution in [-0.4, -0.2) is 88.3 Å². The van der Waals surface area contributed by atoms with Gasteiger partial charge in [-0.1, -0.05) is 0 Å². The van der Waals surface area contributed by atoms with Gasteiger partial charge in [0.1, 0.15) is 24.7 Å². The van der Waals surface area contributed by atoms with Crippen LogP contribution in [0.1, 0.15) is 26.2 Å². The zero-order valence-electron chi connectivity index (χ0n) is 16.9. The standard InChI is InChI=1S/C16H29N7O8/c1-7(24)12(17)15(31)23-9(5-10(25)26)14(30)22-8(3-2-4-20-16(18)19)13(29)21-6-11(27)28/h7-9,12,24H,2-6,17H2,1H3,(H,21,29)(H,22,30)(H,23,31)(H,25,26)(H,27,28)(H4,18,19,20). The Hall–Kier alpha value is -3.46. The molecule has 4 unspecified atom stereocenters. The normalized spacial score (nSPS) is 14.3. The number of rotatable bonds is 14. The number of amides is 3. The molecule has 3 amide bonds. The third-order valence-corrected chi connectivity index (χ3v) is 3.83. The number of guanidine groups is 1. The Balaban J connectivity index is 5.34. The van der Waals surface area contributed by atoms with Gasteiger partial charge < -0.3 is 48.5 Å². The first kappa shape index (κ1) is 27.5. The fraction of sp³-hybridized carbons (Fsp3) is 0.625. The van der Waals surface area contributed by atoms with Gasteiger partial charge in [-0.2, -0.15) is 0 Å². The first-order valence-corrected chi connectivity index (χ1v) is 9.16. The minimum atomic E-state index is -1.61. The van der Waals surface area contributed by atoms with Crippen molar-refractivity contribution in [1.29, 1.82) is 0 Å². The summed E-state index contributed by atoms with van der Waals surface area (Å²) in [6.07, 6.45) is -1.90. The monoisotopic (exact) mass is 447 g/mol. The van der Waals surface area contributed by atoms with Crippen molar-refractivity contribution >= 4 is 35.6 Å². The van der Waals surface area contributed by atoms with Gasteiger partial charge in [0.05, 0.1) is 12.5 Å². The molecule has 176 valence electrons. The molecule has 31 heavy (non-hydrogen) atoms. The smallest absolute Gasteiger partial charge is 0.322 e. The molecule has 0 aliphatic heterocycles. The van der Waals surface area contributed by atoms with E-state index in [4.69, 9.17) is 27.4 Å². The predicted octanol–water partition coefficient (Wildman–Crippen LogP) is -4.61. The summed E-state index contributed by atoms with van der Waals surface area (Å²) in [5.41, 5.74) is 15.9. The summed E-state index contributed by atoms with van der Waals surface area (Å²) < 4.78 is 0. The lowest BCUT2D eigenvalue weighted by Gasteiger charge is -2.23. The molecule has 15 heteroatoms. The quantitative estimate of drug-likeness (QED) is 0.0693. The van der Waals surface area contributed by atoms with E-state index in [1.165, 1.54) is 6.92 Å². The van der Waals surface area contributed by atoms with Gasteiger partial charge in [-0.05, 0) is 19.8 Å². The first-order valence-electron chi connectivity index (χ1n) is 9.16. The fourth-order valence-corrected chi connectivity index (χ4v) is 2.20. The van der Waals surface area contributed by atoms with Crippen LogP contribution in [0.5, 0.6) is 0 Å². The van der Waals surface area contributed by atoms with Crippen molar-refractivity contribution < 1.29 is 39.3 Å². The molecule has 0 heterocycles. The molecule has 0 saturated heterocycles. The molecule has 0 bridgehead atoms. The van der Waals surface area contributed by atoms with Crippen molar-refractivity contribution in [3.8, 4) is 0 Å². The van der Waals surface area contributed by atoms with E-state index < -0.39 is 66.9 Å². The lowest BCUT2D eigenvalue weighted by molar-refractivity contribution is -0.141. The van der Waals surface area contributed by atoms with Crippen LogP contribution in [-0.2, 0) is 24.0 Å². The maximum atomic E-state index is 12.5. The van der Waals surface area contributed by atoms with Crippen molar-refractivity contribution in [2.75, 3.05) is 13.1 Å². The van der Waals surface area contributed by atoms with E-state index in [2.05, 4.69) is 20.9 Å². The Morgan fingerprint density at radius 1 is 0.935 bits per heavy atom. The highest BCUT2D eigenvalue weighted by Crippen LogP contribution is 2.02. The van der Waals surface area contributed by atoms with Gasteiger partial charge in [0.15, 0.2) is 5.96 Å². The van der Waals surface area contributed by atoms with E-state index >= 15 is 0 Å². The second-order valence-corrected chi connectivity index (χ2v) is 6.55. The van der Waals surface area contributed by atoms with Crippen molar-refractivity contribution in [2.45, 2.75) is 50.4 Å². The van der Waals surface area contributed by atoms with Crippen LogP contribution in [0, 0.1) is 0 Å². The summed E-state index contributed by atoms with van der Waals surface area (Å²) >= 11 is 0. The van der Waals surface area contributed by atoms with Crippen LogP contribution >= 0.6 is 0 Å². The number of carboxylic acids is 2. The highest BCUT2D eigenvalue weighted by atomic mass is 16.4. The zero-order chi connectivity index (χ0) is 24.1. The van der Waals surface area contributed by atoms with E-state index in [1.54, 1.807) is 0 Å². The number of carbonyl (C=O) groups is 5. The van der Waals surface area contributed by atoms with Crippen molar-refractivity contribution in [3.05, 3.63) is 0 Å². The molecule has 0 saturated carbocycles. The fourth-order valence-electron chi connectivity index (χ4n) is 2.20. The summed E-state index contributed by atoms with van der Waals surface area (Å²) in [4.78, 5) is 62.2. The zero-order valence-corrected chi connectivity index (χ0v) is 16.9. The summed E-state index contributed by atoms with van der Waals surface area (Å²) in [7, 11) is 0. The van der Waals surface area contributed by atoms with Gasteiger partial charge >= 0.3 is 11.9 Å². The van der Waals surface area contributed by atoms with E-state index in [9.17, 15) is 29.1 Å². The van der Waals surface area contributed by atoms with Crippen LogP contribution in [0.15, 0.2) is 4.99 Å². The van der Waals surface area contributed by atoms with E-state index in [-0.39, 0.29) is 25.3 Å². The number of hydrogen-bond acceptors (Lipinski definition) is 8. The number of carboxylic acid groups (broad SMARTS) is 2. The van der Waals surface area contributed by atoms with E-state index in [1.807, 2.05) is 0 Å². The summed E-state index contributed by atoms with van der Waals surface area (Å²) in [5.74, 6) is -5.77. The Kier molecular flexibility index (Phi) is 12.2. The number of nitrogens with one attached hydrogen (secondary N) is 3. The van der Waals surface area contributed by atoms with Gasteiger partial charge in [0.2, 0.25) is 17.7 Å². The lowest BCUT2D eigenvalue weighted by Crippen LogP contribution is -2.57. The van der Waals surface area contributed by atoms with Crippen molar-refractivity contribution in [3.63, 3.8) is 0 Å². The van der Waals surface area contributed by atoms with Crippen LogP contribution < -0.4 is 33.2 Å². The van der Waals surface area contributed by atoms with Crippen LogP contribution in [0.25, 0.3) is 0 Å². The Morgan fingerprint density at radius 2 is 1.52 bits per heavy atom. The second kappa shape index (κ2) is 13.7. The minimum Gasteiger partial charge on any atom is -0.481 e. The Morgan fingerprint density at radius 3 is 2.00 bits per heavy atom. The maximum Gasteiger partial charge on any atom is 0.322 e. The molecular weight excluding hydrogens is 418 g/mol. The third kappa shape index (κ3) is 12.0. The molecule has 0 radical (unpaired) electrons. The predicted molar refractivity (Wildman–Crippen MR) is 106 cm³/mol. The number of aliphatic carboxylic acids is 2. The van der Waals surface area contributed by atoms with Crippen molar-refractivity contribution in [1.82, 2.24) is 16.0 Å². The average molecular weight is 447 g/mol. The van der Waals surface area contributed by atoms with Gasteiger partial charge in [-0.3, -0.25) is 29.0 Å². The number of nitrogens with two attached hydrogens (primary N) is 3. The molecule has 0 fully saturated rings. The summed E-state index contributed by atoms with van der Waals surface area (Å²) in [6.45, 7) is 0.632. The number of hydrogen-bond donors (Lipinski definition) is 9. The van der Waals surface area contributed by atoms with E-state index in [0.717, 1.165) is 0 Å². The van der Waals surface area contributed by atoms with Crippen LogP contribution in [0.4, 0.5) is 0 Å². The molecule has 0 rings (SSSR count). The van der Waals surface area contributed by atoms with Crippen LogP contribution in [0.3, 0.4) is 0 Å². The Bertz CT molecular complexity index is 693. The van der Waals surface area contributed by atoms with Gasteiger partial charge in [0, 0.05) is 6.54 Å². The average Bonchev–Trinajstić information content (AvgIpc) is 2.66. The minimum absolute atomic E-state index is 0.0190. The Labute approximate surface area is 177 Å². The molecule has 0 aromatic heterocycles.